The van der Waals surface area contributed by atoms with Crippen LogP contribution in [0.3, 0.4) is 0 Å². The van der Waals surface area contributed by atoms with Crippen molar-refractivity contribution < 1.29 is 56.9 Å². The molecule has 2 aromatic rings. The van der Waals surface area contributed by atoms with Crippen LogP contribution in [0.2, 0.25) is 0 Å². The molecule has 1 aromatic heterocycles. The molecule has 0 saturated carbocycles. The van der Waals surface area contributed by atoms with Gasteiger partial charge in [0.15, 0.2) is 0 Å². The Bertz CT molecular complexity index is 427. The molecule has 0 aliphatic rings. The Morgan fingerprint density at radius 3 is 2.36 bits per heavy atom. The Hall–Kier alpha value is 0.106. The second-order valence-electron chi connectivity index (χ2n) is 2.25. The van der Waals surface area contributed by atoms with Crippen molar-refractivity contribution in [2.45, 2.75) is 0 Å². The van der Waals surface area contributed by atoms with Gasteiger partial charge in [-0.25, -0.2) is 4.68 Å². The summed E-state index contributed by atoms with van der Waals surface area (Å²) in [5.41, 5.74) is 0.938. The van der Waals surface area contributed by atoms with Gasteiger partial charge in [0.2, 0.25) is 4.77 Å². The molecule has 0 radical (unpaired) electrons. The number of para-hydroxylation sites is 1. The topological polar surface area (TPSA) is 76.5 Å². The van der Waals surface area contributed by atoms with Gasteiger partial charge in [0.05, 0.1) is 5.69 Å². The molecule has 5 nitrogen and oxygen atoms in total. The molecule has 2 N–H and O–H groups in total. The van der Waals surface area contributed by atoms with Gasteiger partial charge in [-0.15, -0.1) is 0 Å². The molecule has 1 heterocycles. The molecule has 0 amide bonds. The Balaban J connectivity index is 0.000000845. The summed E-state index contributed by atoms with van der Waals surface area (Å²) in [7, 11) is 0. The molecule has 0 aliphatic carbocycles. The van der Waals surface area contributed by atoms with Crippen LogP contribution in [0.1, 0.15) is 0 Å². The number of nitrogens with zero attached hydrogens (tertiary/aromatic N) is 3. The van der Waals surface area contributed by atoms with Gasteiger partial charge < -0.3 is 5.48 Å². The van der Waals surface area contributed by atoms with Gasteiger partial charge >= 0.3 is 51.4 Å². The summed E-state index contributed by atoms with van der Waals surface area (Å²) in [5, 5.41) is 9.92. The molecule has 14 heavy (non-hydrogen) atoms. The number of aromatic amines is 1. The Morgan fingerprint density at radius 1 is 1.21 bits per heavy atom. The SMILES string of the molecule is S=c1nn[nH]n1-c1ccccc1.[K+].[OH-]. The third-order valence-electron chi connectivity index (χ3n) is 1.49. The average molecular weight is 234 g/mol. The standard InChI is InChI=1S/C7H6N4S.K.H2O/c12-7-8-9-10-11(7)6-4-2-1-3-5-6;;/h1-5H,(H,8,10,12);;1H2/q;+1;/p-1. The summed E-state index contributed by atoms with van der Waals surface area (Å²) in [5.74, 6) is 0. The predicted octanol–water partition coefficient (Wildman–Crippen LogP) is -1.85. The van der Waals surface area contributed by atoms with Crippen molar-refractivity contribution in [3.05, 3.63) is 35.1 Å². The molecule has 0 saturated heterocycles. The first-order valence-electron chi connectivity index (χ1n) is 3.43. The maximum absolute atomic E-state index is 4.93. The maximum atomic E-state index is 4.93. The second-order valence-corrected chi connectivity index (χ2v) is 2.62. The van der Waals surface area contributed by atoms with Crippen molar-refractivity contribution in [1.29, 1.82) is 0 Å². The van der Waals surface area contributed by atoms with Crippen LogP contribution in [0, 0.1) is 4.77 Å². The Morgan fingerprint density at radius 2 is 1.86 bits per heavy atom. The number of benzene rings is 1. The summed E-state index contributed by atoms with van der Waals surface area (Å²) in [6, 6.07) is 9.65. The normalized spacial score (nSPS) is 8.57. The Labute approximate surface area is 128 Å². The van der Waals surface area contributed by atoms with Gasteiger partial charge in [-0.3, -0.25) is 0 Å². The van der Waals surface area contributed by atoms with E-state index in [-0.39, 0.29) is 56.9 Å². The zero-order valence-corrected chi connectivity index (χ0v) is 11.5. The third-order valence-corrected chi connectivity index (χ3v) is 1.75. The van der Waals surface area contributed by atoms with Crippen LogP contribution in [0.4, 0.5) is 0 Å². The summed E-state index contributed by atoms with van der Waals surface area (Å²) in [4.78, 5) is 0. The van der Waals surface area contributed by atoms with Crippen molar-refractivity contribution in [2.75, 3.05) is 0 Å². The van der Waals surface area contributed by atoms with Crippen LogP contribution in [0.15, 0.2) is 30.3 Å². The van der Waals surface area contributed by atoms with E-state index in [1.807, 2.05) is 30.3 Å². The van der Waals surface area contributed by atoms with E-state index in [2.05, 4.69) is 15.5 Å². The average Bonchev–Trinajstić information content (AvgIpc) is 2.53. The maximum Gasteiger partial charge on any atom is 1.00 e. The van der Waals surface area contributed by atoms with Crippen molar-refractivity contribution in [3.8, 4) is 5.69 Å². The quantitative estimate of drug-likeness (QED) is 0.464. The summed E-state index contributed by atoms with van der Waals surface area (Å²) in [6.07, 6.45) is 0. The summed E-state index contributed by atoms with van der Waals surface area (Å²) in [6.45, 7) is 0. The summed E-state index contributed by atoms with van der Waals surface area (Å²) >= 11 is 4.93. The van der Waals surface area contributed by atoms with Crippen molar-refractivity contribution in [1.82, 2.24) is 20.2 Å². The van der Waals surface area contributed by atoms with E-state index in [0.29, 0.717) is 4.77 Å². The van der Waals surface area contributed by atoms with Crippen LogP contribution in [0.5, 0.6) is 0 Å². The molecule has 0 spiro atoms. The minimum Gasteiger partial charge on any atom is -0.870 e. The van der Waals surface area contributed by atoms with Crippen molar-refractivity contribution >= 4 is 12.2 Å². The molecule has 0 atom stereocenters. The zero-order chi connectivity index (χ0) is 8.39. The minimum atomic E-state index is 0. The van der Waals surface area contributed by atoms with Crippen LogP contribution >= 0.6 is 12.2 Å². The summed E-state index contributed by atoms with van der Waals surface area (Å²) < 4.78 is 2.07. The van der Waals surface area contributed by atoms with E-state index in [4.69, 9.17) is 12.2 Å². The molecule has 68 valence electrons. The minimum absolute atomic E-state index is 0. The van der Waals surface area contributed by atoms with E-state index in [1.54, 1.807) is 4.68 Å². The van der Waals surface area contributed by atoms with Gasteiger partial charge in [-0.05, 0) is 24.4 Å². The van der Waals surface area contributed by atoms with Crippen LogP contribution < -0.4 is 51.4 Å². The fourth-order valence-corrected chi connectivity index (χ4v) is 1.13. The monoisotopic (exact) mass is 234 g/mol. The largest absolute Gasteiger partial charge is 1.00 e. The molecular weight excluding hydrogens is 227 g/mol. The van der Waals surface area contributed by atoms with E-state index in [1.165, 1.54) is 0 Å². The first kappa shape index (κ1) is 14.1. The van der Waals surface area contributed by atoms with Crippen molar-refractivity contribution in [3.63, 3.8) is 0 Å². The zero-order valence-electron chi connectivity index (χ0n) is 7.58. The molecular formula is C7H7KN4OS. The van der Waals surface area contributed by atoms with Gasteiger partial charge in [0, 0.05) is 0 Å². The predicted molar refractivity (Wildman–Crippen MR) is 48.5 cm³/mol. The third kappa shape index (κ3) is 3.06. The van der Waals surface area contributed by atoms with Gasteiger partial charge in [-0.2, -0.15) is 5.21 Å². The number of rotatable bonds is 1. The number of hydrogen-bond donors (Lipinski definition) is 1. The number of aromatic nitrogens is 4. The number of H-pyrrole nitrogens is 1. The first-order chi connectivity index (χ1) is 5.88. The second kappa shape index (κ2) is 6.56. The van der Waals surface area contributed by atoms with E-state index in [0.717, 1.165) is 5.69 Å². The molecule has 0 fully saturated rings. The van der Waals surface area contributed by atoms with E-state index >= 15 is 0 Å². The fraction of sp³-hybridized carbons (Fsp3) is 0. The number of tetrazole rings is 1. The molecule has 0 unspecified atom stereocenters. The molecule has 0 bridgehead atoms. The molecule has 1 aromatic carbocycles. The number of hydrogen-bond acceptors (Lipinski definition) is 4. The van der Waals surface area contributed by atoms with Gasteiger partial charge in [0.1, 0.15) is 0 Å². The van der Waals surface area contributed by atoms with Crippen LogP contribution in [-0.4, -0.2) is 25.7 Å². The first-order valence-corrected chi connectivity index (χ1v) is 3.84. The number of nitrogens with one attached hydrogen (secondary N) is 1. The van der Waals surface area contributed by atoms with E-state index in [9.17, 15) is 0 Å². The Kier molecular flexibility index (Phi) is 6.61. The molecule has 0 aliphatic heterocycles. The van der Waals surface area contributed by atoms with Crippen LogP contribution in [-0.2, 0) is 0 Å². The van der Waals surface area contributed by atoms with E-state index < -0.39 is 0 Å². The van der Waals surface area contributed by atoms with Gasteiger partial charge in [-0.1, -0.05) is 28.5 Å². The molecule has 2 rings (SSSR count). The molecule has 7 heteroatoms. The fourth-order valence-electron chi connectivity index (χ4n) is 0.943. The van der Waals surface area contributed by atoms with Crippen molar-refractivity contribution in [2.24, 2.45) is 0 Å². The smallest absolute Gasteiger partial charge is 0.870 e. The van der Waals surface area contributed by atoms with Crippen LogP contribution in [0.25, 0.3) is 5.69 Å². The van der Waals surface area contributed by atoms with Gasteiger partial charge in [0.25, 0.3) is 0 Å².